The molecule has 0 atom stereocenters. The van der Waals surface area contributed by atoms with Crippen molar-refractivity contribution in [3.8, 4) is 0 Å². The van der Waals surface area contributed by atoms with Gasteiger partial charge in [0.1, 0.15) is 12.4 Å². The summed E-state index contributed by atoms with van der Waals surface area (Å²) in [4.78, 5) is 22.1. The van der Waals surface area contributed by atoms with Crippen molar-refractivity contribution in [1.82, 2.24) is 15.1 Å². The van der Waals surface area contributed by atoms with Crippen LogP contribution in [0.5, 0.6) is 0 Å². The molecule has 110 valence electrons. The van der Waals surface area contributed by atoms with Gasteiger partial charge in [0, 0.05) is 12.1 Å². The first-order valence-corrected chi connectivity index (χ1v) is 6.49. The van der Waals surface area contributed by atoms with Crippen molar-refractivity contribution >= 4 is 11.6 Å². The molecule has 1 aromatic carbocycles. The molecule has 0 spiro atoms. The summed E-state index contributed by atoms with van der Waals surface area (Å²) in [5.74, 6) is -0.155. The molecule has 21 heavy (non-hydrogen) atoms. The Bertz CT molecular complexity index is 679. The summed E-state index contributed by atoms with van der Waals surface area (Å²) in [6, 6.07) is 5.69. The number of hydrogen-bond acceptors (Lipinski definition) is 4. The lowest BCUT2D eigenvalue weighted by atomic mass is 10.1. The van der Waals surface area contributed by atoms with E-state index in [1.54, 1.807) is 0 Å². The predicted octanol–water partition coefficient (Wildman–Crippen LogP) is 1.84. The van der Waals surface area contributed by atoms with Gasteiger partial charge in [0.25, 0.3) is 5.91 Å². The molecule has 1 aromatic heterocycles. The molecule has 7 heteroatoms. The number of benzene rings is 1. The summed E-state index contributed by atoms with van der Waals surface area (Å²) >= 11 is 0. The minimum Gasteiger partial charge on any atom is -0.350 e. The van der Waals surface area contributed by atoms with E-state index in [9.17, 15) is 14.9 Å². The van der Waals surface area contributed by atoms with Gasteiger partial charge in [-0.05, 0) is 25.5 Å². The standard InChI is InChI=1S/C14H16N4O3/c1-10-3-4-11(2)13(7-10)14(19)15-5-6-17-9-12(8-16-17)18(20)21/h3-4,7-9H,5-6H2,1-2H3,(H,15,19). The van der Waals surface area contributed by atoms with E-state index in [0.717, 1.165) is 11.1 Å². The Labute approximate surface area is 121 Å². The van der Waals surface area contributed by atoms with Gasteiger partial charge in [0.2, 0.25) is 0 Å². The van der Waals surface area contributed by atoms with Crippen molar-refractivity contribution in [2.45, 2.75) is 20.4 Å². The van der Waals surface area contributed by atoms with Gasteiger partial charge in [-0.1, -0.05) is 17.7 Å². The summed E-state index contributed by atoms with van der Waals surface area (Å²) in [5.41, 5.74) is 2.51. The largest absolute Gasteiger partial charge is 0.350 e. The SMILES string of the molecule is Cc1ccc(C)c(C(=O)NCCn2cc([N+](=O)[O-])cn2)c1. The number of rotatable bonds is 5. The van der Waals surface area contributed by atoms with Crippen LogP contribution in [0.1, 0.15) is 21.5 Å². The molecule has 0 radical (unpaired) electrons. The van der Waals surface area contributed by atoms with Gasteiger partial charge in [-0.15, -0.1) is 0 Å². The number of aromatic nitrogens is 2. The Hall–Kier alpha value is -2.70. The van der Waals surface area contributed by atoms with Crippen LogP contribution in [0.3, 0.4) is 0 Å². The molecule has 7 nitrogen and oxygen atoms in total. The van der Waals surface area contributed by atoms with Crippen LogP contribution in [0.4, 0.5) is 5.69 Å². The lowest BCUT2D eigenvalue weighted by Gasteiger charge is -2.08. The second kappa shape index (κ2) is 6.17. The monoisotopic (exact) mass is 288 g/mol. The number of carbonyl (C=O) groups is 1. The van der Waals surface area contributed by atoms with E-state index in [1.165, 1.54) is 17.1 Å². The highest BCUT2D eigenvalue weighted by Gasteiger charge is 2.10. The van der Waals surface area contributed by atoms with Gasteiger partial charge in [-0.25, -0.2) is 0 Å². The van der Waals surface area contributed by atoms with Crippen LogP contribution in [0.15, 0.2) is 30.6 Å². The van der Waals surface area contributed by atoms with Crippen molar-refractivity contribution < 1.29 is 9.72 Å². The molecule has 2 aromatic rings. The summed E-state index contributed by atoms with van der Waals surface area (Å²) < 4.78 is 1.43. The van der Waals surface area contributed by atoms with Crippen molar-refractivity contribution in [3.63, 3.8) is 0 Å². The Morgan fingerprint density at radius 2 is 2.19 bits per heavy atom. The van der Waals surface area contributed by atoms with E-state index in [-0.39, 0.29) is 11.6 Å². The Morgan fingerprint density at radius 3 is 2.86 bits per heavy atom. The van der Waals surface area contributed by atoms with Crippen LogP contribution in [-0.2, 0) is 6.54 Å². The zero-order chi connectivity index (χ0) is 15.4. The maximum atomic E-state index is 12.1. The van der Waals surface area contributed by atoms with Crippen molar-refractivity contribution in [2.75, 3.05) is 6.54 Å². The van der Waals surface area contributed by atoms with Crippen molar-refractivity contribution in [1.29, 1.82) is 0 Å². The second-order valence-corrected chi connectivity index (χ2v) is 4.79. The fourth-order valence-corrected chi connectivity index (χ4v) is 1.93. The van der Waals surface area contributed by atoms with E-state index in [0.29, 0.717) is 18.7 Å². The summed E-state index contributed by atoms with van der Waals surface area (Å²) in [7, 11) is 0. The molecule has 1 N–H and O–H groups in total. The van der Waals surface area contributed by atoms with E-state index in [1.807, 2.05) is 32.0 Å². The fourth-order valence-electron chi connectivity index (χ4n) is 1.93. The van der Waals surface area contributed by atoms with Gasteiger partial charge in [-0.3, -0.25) is 19.6 Å². The number of amides is 1. The highest BCUT2D eigenvalue weighted by molar-refractivity contribution is 5.95. The quantitative estimate of drug-likeness (QED) is 0.671. The molecule has 0 aliphatic heterocycles. The molecule has 0 saturated carbocycles. The predicted molar refractivity (Wildman–Crippen MR) is 77.1 cm³/mol. The van der Waals surface area contributed by atoms with Gasteiger partial charge in [0.05, 0.1) is 11.5 Å². The van der Waals surface area contributed by atoms with E-state index in [4.69, 9.17) is 0 Å². The van der Waals surface area contributed by atoms with Crippen LogP contribution in [0.25, 0.3) is 0 Å². The lowest BCUT2D eigenvalue weighted by Crippen LogP contribution is -2.28. The van der Waals surface area contributed by atoms with Gasteiger partial charge in [-0.2, -0.15) is 5.10 Å². The summed E-state index contributed by atoms with van der Waals surface area (Å²) in [6.45, 7) is 4.54. The summed E-state index contributed by atoms with van der Waals surface area (Å²) in [5, 5.41) is 17.2. The van der Waals surface area contributed by atoms with Gasteiger partial charge >= 0.3 is 5.69 Å². The molecule has 0 aliphatic rings. The fraction of sp³-hybridized carbons (Fsp3) is 0.286. The molecular weight excluding hydrogens is 272 g/mol. The maximum absolute atomic E-state index is 12.1. The maximum Gasteiger partial charge on any atom is 0.306 e. The number of nitro groups is 1. The molecule has 0 unspecified atom stereocenters. The zero-order valence-corrected chi connectivity index (χ0v) is 11.9. The third kappa shape index (κ3) is 3.65. The zero-order valence-electron chi connectivity index (χ0n) is 11.9. The highest BCUT2D eigenvalue weighted by Crippen LogP contribution is 2.10. The average molecular weight is 288 g/mol. The van der Waals surface area contributed by atoms with Crippen LogP contribution >= 0.6 is 0 Å². The highest BCUT2D eigenvalue weighted by atomic mass is 16.6. The number of nitrogens with one attached hydrogen (secondary N) is 1. The average Bonchev–Trinajstić information content (AvgIpc) is 2.90. The Kier molecular flexibility index (Phi) is 4.32. The number of nitrogens with zero attached hydrogens (tertiary/aromatic N) is 3. The smallest absolute Gasteiger partial charge is 0.306 e. The third-order valence-electron chi connectivity index (χ3n) is 3.09. The molecule has 0 bridgehead atoms. The Balaban J connectivity index is 1.92. The molecule has 1 amide bonds. The van der Waals surface area contributed by atoms with Crippen LogP contribution < -0.4 is 5.32 Å². The minimum absolute atomic E-state index is 0.0594. The first-order valence-electron chi connectivity index (χ1n) is 6.49. The summed E-state index contributed by atoms with van der Waals surface area (Å²) in [6.07, 6.45) is 2.52. The van der Waals surface area contributed by atoms with Gasteiger partial charge < -0.3 is 5.32 Å². The molecule has 0 fully saturated rings. The van der Waals surface area contributed by atoms with E-state index >= 15 is 0 Å². The third-order valence-corrected chi connectivity index (χ3v) is 3.09. The van der Waals surface area contributed by atoms with Crippen LogP contribution in [0, 0.1) is 24.0 Å². The van der Waals surface area contributed by atoms with Crippen LogP contribution in [-0.4, -0.2) is 27.2 Å². The first kappa shape index (κ1) is 14.7. The van der Waals surface area contributed by atoms with Crippen molar-refractivity contribution in [2.24, 2.45) is 0 Å². The van der Waals surface area contributed by atoms with E-state index < -0.39 is 4.92 Å². The molecule has 0 aliphatic carbocycles. The number of hydrogen-bond donors (Lipinski definition) is 1. The number of carbonyl (C=O) groups excluding carboxylic acids is 1. The lowest BCUT2D eigenvalue weighted by molar-refractivity contribution is -0.385. The molecule has 0 saturated heterocycles. The number of aryl methyl sites for hydroxylation is 2. The Morgan fingerprint density at radius 1 is 1.43 bits per heavy atom. The second-order valence-electron chi connectivity index (χ2n) is 4.79. The molecular formula is C14H16N4O3. The molecule has 2 rings (SSSR count). The van der Waals surface area contributed by atoms with Gasteiger partial charge in [0.15, 0.2) is 0 Å². The van der Waals surface area contributed by atoms with Crippen molar-refractivity contribution in [3.05, 3.63) is 57.4 Å². The van der Waals surface area contributed by atoms with Crippen LogP contribution in [0.2, 0.25) is 0 Å². The molecule has 1 heterocycles. The van der Waals surface area contributed by atoms with E-state index in [2.05, 4.69) is 10.4 Å². The topological polar surface area (TPSA) is 90.1 Å². The normalized spacial score (nSPS) is 10.4. The first-order chi connectivity index (χ1) is 9.97. The minimum atomic E-state index is -0.502.